The molecule has 0 bridgehead atoms. The lowest BCUT2D eigenvalue weighted by atomic mass is 9.98. The van der Waals surface area contributed by atoms with Gasteiger partial charge in [-0.2, -0.15) is 0 Å². The Labute approximate surface area is 155 Å². The van der Waals surface area contributed by atoms with Crippen LogP contribution in [0.1, 0.15) is 47.1 Å². The first-order valence-electron chi connectivity index (χ1n) is 8.87. The van der Waals surface area contributed by atoms with Gasteiger partial charge in [0.1, 0.15) is 22.8 Å². The second-order valence-corrected chi connectivity index (χ2v) is 6.59. The van der Waals surface area contributed by atoms with Gasteiger partial charge in [0.2, 0.25) is 0 Å². The molecule has 0 radical (unpaired) electrons. The van der Waals surface area contributed by atoms with Crippen LogP contribution in [-0.4, -0.2) is 37.5 Å². The van der Waals surface area contributed by atoms with Gasteiger partial charge < -0.3 is 14.4 Å². The molecule has 1 saturated heterocycles. The van der Waals surface area contributed by atoms with Crippen molar-refractivity contribution in [1.29, 1.82) is 0 Å². The zero-order chi connectivity index (χ0) is 18.8. The number of rotatable bonds is 3. The molecule has 4 rings (SSSR count). The first kappa shape index (κ1) is 17.1. The summed E-state index contributed by atoms with van der Waals surface area (Å²) in [6.07, 6.45) is 7.25. The number of nitrogens with one attached hydrogen (secondary N) is 1. The largest absolute Gasteiger partial charge is 0.361 e. The van der Waals surface area contributed by atoms with Crippen molar-refractivity contribution in [3.05, 3.63) is 64.2 Å². The fourth-order valence-electron chi connectivity index (χ4n) is 3.38. The number of aryl methyl sites for hydroxylation is 1. The number of pyridine rings is 1. The third-order valence-electron chi connectivity index (χ3n) is 4.72. The quantitative estimate of drug-likeness (QED) is 0.764. The number of likely N-dealkylation sites (tertiary alicyclic amines) is 1. The van der Waals surface area contributed by atoms with E-state index in [0.717, 1.165) is 25.0 Å². The maximum absolute atomic E-state index is 13.1. The Morgan fingerprint density at radius 2 is 2.22 bits per heavy atom. The Morgan fingerprint density at radius 1 is 1.33 bits per heavy atom. The van der Waals surface area contributed by atoms with Crippen molar-refractivity contribution in [2.45, 2.75) is 32.2 Å². The van der Waals surface area contributed by atoms with Gasteiger partial charge in [-0.25, -0.2) is 4.98 Å². The van der Waals surface area contributed by atoms with Gasteiger partial charge in [0, 0.05) is 36.8 Å². The fraction of sp³-hybridized carbons (Fsp3) is 0.316. The van der Waals surface area contributed by atoms with E-state index in [2.05, 4.69) is 20.1 Å². The lowest BCUT2D eigenvalue weighted by Gasteiger charge is -2.34. The number of amides is 1. The average Bonchev–Trinajstić information content (AvgIpc) is 3.14. The molecule has 27 heavy (non-hydrogen) atoms. The van der Waals surface area contributed by atoms with Crippen molar-refractivity contribution < 1.29 is 9.32 Å². The monoisotopic (exact) mass is 365 g/mol. The molecule has 1 amide bonds. The van der Waals surface area contributed by atoms with Crippen LogP contribution in [0.5, 0.6) is 0 Å². The molecule has 4 heterocycles. The first-order valence-corrected chi connectivity index (χ1v) is 8.87. The molecule has 8 nitrogen and oxygen atoms in total. The number of aromatic nitrogens is 4. The van der Waals surface area contributed by atoms with Gasteiger partial charge in [-0.15, -0.1) is 0 Å². The molecule has 8 heteroatoms. The summed E-state index contributed by atoms with van der Waals surface area (Å²) in [5.74, 6) is 0.738. The zero-order valence-electron chi connectivity index (χ0n) is 14.9. The van der Waals surface area contributed by atoms with Crippen LogP contribution in [0.15, 0.2) is 46.1 Å². The van der Waals surface area contributed by atoms with Gasteiger partial charge >= 0.3 is 0 Å². The molecule has 1 N–H and O–H groups in total. The van der Waals surface area contributed by atoms with Crippen molar-refractivity contribution in [3.8, 4) is 11.4 Å². The lowest BCUT2D eigenvalue weighted by molar-refractivity contribution is 0.0599. The van der Waals surface area contributed by atoms with Crippen LogP contribution in [0.3, 0.4) is 0 Å². The second kappa shape index (κ2) is 7.14. The molecular weight excluding hydrogens is 346 g/mol. The third kappa shape index (κ3) is 3.38. The van der Waals surface area contributed by atoms with Crippen molar-refractivity contribution in [3.63, 3.8) is 0 Å². The van der Waals surface area contributed by atoms with Crippen LogP contribution < -0.4 is 5.56 Å². The number of H-pyrrole nitrogens is 1. The lowest BCUT2D eigenvalue weighted by Crippen LogP contribution is -2.41. The highest BCUT2D eigenvalue weighted by Gasteiger charge is 2.32. The minimum Gasteiger partial charge on any atom is -0.361 e. The molecule has 0 aliphatic carbocycles. The van der Waals surface area contributed by atoms with E-state index >= 15 is 0 Å². The summed E-state index contributed by atoms with van der Waals surface area (Å²) in [7, 11) is 0. The Hall–Kier alpha value is -3.29. The molecule has 0 spiro atoms. The van der Waals surface area contributed by atoms with Crippen LogP contribution in [-0.2, 0) is 0 Å². The molecule has 1 atom stereocenters. The molecule has 1 aliphatic rings. The predicted molar refractivity (Wildman–Crippen MR) is 97.0 cm³/mol. The number of hydrogen-bond acceptors (Lipinski definition) is 6. The van der Waals surface area contributed by atoms with Gasteiger partial charge in [0.15, 0.2) is 0 Å². The highest BCUT2D eigenvalue weighted by molar-refractivity contribution is 5.94. The number of nitrogens with zero attached hydrogens (tertiary/aromatic N) is 4. The van der Waals surface area contributed by atoms with Gasteiger partial charge in [-0.3, -0.25) is 14.6 Å². The Bertz CT molecular complexity index is 1010. The smallest absolute Gasteiger partial charge is 0.264 e. The standard InChI is InChI=1S/C19H19N5O3/c1-12-9-15(23-27-12)16-6-2-3-8-24(16)19(26)14-11-21-17(22-18(14)25)13-5-4-7-20-10-13/h4-5,7,9-11,16H,2-3,6,8H2,1H3,(H,21,22,25)/t16-/m1/s1. The van der Waals surface area contributed by atoms with Gasteiger partial charge in [0.25, 0.3) is 11.5 Å². The Morgan fingerprint density at radius 3 is 2.93 bits per heavy atom. The summed E-state index contributed by atoms with van der Waals surface area (Å²) in [5.41, 5.74) is 0.962. The molecule has 0 unspecified atom stereocenters. The van der Waals surface area contributed by atoms with E-state index in [1.807, 2.05) is 13.0 Å². The molecule has 0 saturated carbocycles. The van der Waals surface area contributed by atoms with Gasteiger partial charge in [0.05, 0.1) is 6.04 Å². The van der Waals surface area contributed by atoms with E-state index in [1.165, 1.54) is 6.20 Å². The van der Waals surface area contributed by atoms with E-state index in [9.17, 15) is 9.59 Å². The second-order valence-electron chi connectivity index (χ2n) is 6.59. The van der Waals surface area contributed by atoms with E-state index in [0.29, 0.717) is 23.7 Å². The van der Waals surface area contributed by atoms with Crippen molar-refractivity contribution in [2.75, 3.05) is 6.54 Å². The van der Waals surface area contributed by atoms with Crippen molar-refractivity contribution >= 4 is 5.91 Å². The molecule has 3 aromatic rings. The van der Waals surface area contributed by atoms with E-state index in [1.54, 1.807) is 29.4 Å². The maximum atomic E-state index is 13.1. The normalized spacial score (nSPS) is 17.1. The molecule has 0 aromatic carbocycles. The summed E-state index contributed by atoms with van der Waals surface area (Å²) in [5, 5.41) is 4.06. The number of carbonyl (C=O) groups is 1. The third-order valence-corrected chi connectivity index (χ3v) is 4.72. The molecule has 3 aromatic heterocycles. The van der Waals surface area contributed by atoms with Crippen molar-refractivity contribution in [2.24, 2.45) is 0 Å². The van der Waals surface area contributed by atoms with Gasteiger partial charge in [-0.05, 0) is 38.3 Å². The van der Waals surface area contributed by atoms with Crippen LogP contribution in [0, 0.1) is 6.92 Å². The highest BCUT2D eigenvalue weighted by atomic mass is 16.5. The molecule has 138 valence electrons. The van der Waals surface area contributed by atoms with E-state index < -0.39 is 5.56 Å². The van der Waals surface area contributed by atoms with Crippen LogP contribution in [0.4, 0.5) is 0 Å². The Balaban J connectivity index is 1.64. The highest BCUT2D eigenvalue weighted by Crippen LogP contribution is 2.31. The molecule has 1 aliphatic heterocycles. The predicted octanol–water partition coefficient (Wildman–Crippen LogP) is 2.50. The zero-order valence-corrected chi connectivity index (χ0v) is 14.9. The summed E-state index contributed by atoms with van der Waals surface area (Å²) >= 11 is 0. The average molecular weight is 365 g/mol. The summed E-state index contributed by atoms with van der Waals surface area (Å²) in [4.78, 5) is 38.2. The topological polar surface area (TPSA) is 105 Å². The summed E-state index contributed by atoms with van der Waals surface area (Å²) in [6, 6.07) is 5.19. The van der Waals surface area contributed by atoms with Crippen molar-refractivity contribution in [1.82, 2.24) is 25.0 Å². The fourth-order valence-corrected chi connectivity index (χ4v) is 3.38. The van der Waals surface area contributed by atoms with E-state index in [-0.39, 0.29) is 17.5 Å². The minimum absolute atomic E-state index is 0.0229. The maximum Gasteiger partial charge on any atom is 0.264 e. The van der Waals surface area contributed by atoms with Crippen LogP contribution in [0.2, 0.25) is 0 Å². The van der Waals surface area contributed by atoms with Gasteiger partial charge in [-0.1, -0.05) is 5.16 Å². The SMILES string of the molecule is Cc1cc([C@H]2CCCCN2C(=O)c2cnc(-c3cccnc3)[nH]c2=O)no1. The van der Waals surface area contributed by atoms with E-state index in [4.69, 9.17) is 4.52 Å². The number of hydrogen-bond donors (Lipinski definition) is 1. The van der Waals surface area contributed by atoms with Crippen LogP contribution in [0.25, 0.3) is 11.4 Å². The summed E-state index contributed by atoms with van der Waals surface area (Å²) in [6.45, 7) is 2.39. The minimum atomic E-state index is -0.463. The van der Waals surface area contributed by atoms with Crippen LogP contribution >= 0.6 is 0 Å². The number of aromatic amines is 1. The number of carbonyl (C=O) groups excluding carboxylic acids is 1. The summed E-state index contributed by atoms with van der Waals surface area (Å²) < 4.78 is 5.17. The number of piperidine rings is 1. The molecule has 1 fully saturated rings. The first-order chi connectivity index (χ1) is 13.1. The molecular formula is C19H19N5O3. The Kier molecular flexibility index (Phi) is 4.53.